The van der Waals surface area contributed by atoms with Gasteiger partial charge in [-0.2, -0.15) is 0 Å². The second kappa shape index (κ2) is 6.32. The highest BCUT2D eigenvalue weighted by atomic mass is 31.2. The lowest BCUT2D eigenvalue weighted by Gasteiger charge is -2.25. The summed E-state index contributed by atoms with van der Waals surface area (Å²) in [4.78, 5) is 25.4. The van der Waals surface area contributed by atoms with Crippen LogP contribution in [0.1, 0.15) is 6.92 Å². The zero-order valence-electron chi connectivity index (χ0n) is 9.22. The predicted molar refractivity (Wildman–Crippen MR) is 56.9 cm³/mol. The minimum Gasteiger partial charge on any atom is -0.367 e. The van der Waals surface area contributed by atoms with Crippen LogP contribution in [-0.2, 0) is 18.7 Å². The lowest BCUT2D eigenvalue weighted by atomic mass is 10.4. The highest BCUT2D eigenvalue weighted by molar-refractivity contribution is 7.53. The average Bonchev–Trinajstić information content (AvgIpc) is 2.17. The van der Waals surface area contributed by atoms with Crippen LogP contribution in [0.3, 0.4) is 0 Å². The highest BCUT2D eigenvalue weighted by Gasteiger charge is 2.26. The summed E-state index contributed by atoms with van der Waals surface area (Å²) in [5.41, 5.74) is 0. The van der Waals surface area contributed by atoms with E-state index < -0.39 is 19.7 Å². The largest absolute Gasteiger partial charge is 0.367 e. The summed E-state index contributed by atoms with van der Waals surface area (Å²) >= 11 is 0. The van der Waals surface area contributed by atoms with Gasteiger partial charge >= 0.3 is 13.6 Å². The lowest BCUT2D eigenvalue weighted by Crippen LogP contribution is -2.44. The van der Waals surface area contributed by atoms with Crippen molar-refractivity contribution >= 4 is 13.6 Å². The molecule has 0 saturated carbocycles. The van der Waals surface area contributed by atoms with Crippen molar-refractivity contribution in [2.24, 2.45) is 0 Å². The topological polar surface area (TPSA) is 88.1 Å². The Hall–Kier alpha value is -0.460. The molecule has 1 fully saturated rings. The van der Waals surface area contributed by atoms with Crippen LogP contribution in [0.2, 0.25) is 0 Å². The minimum atomic E-state index is -3.83. The van der Waals surface area contributed by atoms with Crippen LogP contribution in [-0.4, -0.2) is 54.9 Å². The molecular formula is C8H17N2O5P. The fraction of sp³-hybridized carbons (Fsp3) is 0.875. The van der Waals surface area contributed by atoms with Gasteiger partial charge in [0.1, 0.15) is 6.16 Å². The molecule has 0 aromatic carbocycles. The van der Waals surface area contributed by atoms with Gasteiger partial charge in [-0.15, -0.1) is 5.06 Å². The zero-order valence-corrected chi connectivity index (χ0v) is 10.1. The van der Waals surface area contributed by atoms with Crippen LogP contribution in [0.15, 0.2) is 0 Å². The van der Waals surface area contributed by atoms with Gasteiger partial charge in [0, 0.05) is 26.2 Å². The Morgan fingerprint density at radius 1 is 1.50 bits per heavy atom. The molecule has 1 aliphatic heterocycles. The zero-order chi connectivity index (χ0) is 12.0. The summed E-state index contributed by atoms with van der Waals surface area (Å²) in [5, 5.41) is 4.57. The van der Waals surface area contributed by atoms with Gasteiger partial charge in [0.25, 0.3) is 0 Å². The Labute approximate surface area is 94.2 Å². The first-order chi connectivity index (χ1) is 7.53. The molecule has 7 nitrogen and oxygen atoms in total. The van der Waals surface area contributed by atoms with Crippen LogP contribution in [0, 0.1) is 0 Å². The number of hydrogen-bond donors (Lipinski definition) is 2. The predicted octanol–water partition coefficient (Wildman–Crippen LogP) is -0.428. The summed E-state index contributed by atoms with van der Waals surface area (Å²) < 4.78 is 15.8. The van der Waals surface area contributed by atoms with Gasteiger partial charge in [-0.05, 0) is 6.92 Å². The molecule has 1 unspecified atom stereocenters. The standard InChI is InChI=1S/C8H17N2O5P/c1-2-14-16(12,13)7-8(11)15-10-5-3-9-4-6-10/h9H,2-7H2,1H3,(H,12,13). The molecule has 2 N–H and O–H groups in total. The van der Waals surface area contributed by atoms with E-state index in [-0.39, 0.29) is 6.61 Å². The van der Waals surface area contributed by atoms with Crippen molar-refractivity contribution in [1.82, 2.24) is 10.4 Å². The molecule has 0 spiro atoms. The molecule has 1 rings (SSSR count). The molecule has 1 heterocycles. The first-order valence-electron chi connectivity index (χ1n) is 5.16. The molecular weight excluding hydrogens is 235 g/mol. The number of hydrogen-bond acceptors (Lipinski definition) is 6. The van der Waals surface area contributed by atoms with E-state index in [0.29, 0.717) is 13.1 Å². The summed E-state index contributed by atoms with van der Waals surface area (Å²) in [7, 11) is -3.83. The van der Waals surface area contributed by atoms with Gasteiger partial charge in [0.05, 0.1) is 6.61 Å². The van der Waals surface area contributed by atoms with E-state index in [4.69, 9.17) is 4.84 Å². The van der Waals surface area contributed by atoms with Crippen LogP contribution in [0.25, 0.3) is 0 Å². The third-order valence-corrected chi connectivity index (χ3v) is 3.29. The number of nitrogens with one attached hydrogen (secondary N) is 1. The Morgan fingerprint density at radius 2 is 2.12 bits per heavy atom. The fourth-order valence-electron chi connectivity index (χ4n) is 1.32. The number of hydroxylamine groups is 2. The minimum absolute atomic E-state index is 0.0920. The van der Waals surface area contributed by atoms with Crippen LogP contribution < -0.4 is 5.32 Å². The van der Waals surface area contributed by atoms with Crippen LogP contribution in [0.4, 0.5) is 0 Å². The van der Waals surface area contributed by atoms with Gasteiger partial charge < -0.3 is 19.6 Å². The molecule has 16 heavy (non-hydrogen) atoms. The maximum atomic E-state index is 11.3. The second-order valence-electron chi connectivity index (χ2n) is 3.36. The number of nitrogens with zero attached hydrogens (tertiary/aromatic N) is 1. The van der Waals surface area contributed by atoms with Crippen molar-refractivity contribution in [3.05, 3.63) is 0 Å². The van der Waals surface area contributed by atoms with Gasteiger partial charge in [-0.1, -0.05) is 0 Å². The molecule has 1 atom stereocenters. The summed E-state index contributed by atoms with van der Waals surface area (Å²) in [6, 6.07) is 0. The van der Waals surface area contributed by atoms with Gasteiger partial charge in [-0.25, -0.2) is 4.79 Å². The first kappa shape index (κ1) is 13.6. The summed E-state index contributed by atoms with van der Waals surface area (Å²) in [5.74, 6) is -0.735. The van der Waals surface area contributed by atoms with E-state index in [1.165, 1.54) is 5.06 Å². The fourth-order valence-corrected chi connectivity index (χ4v) is 2.20. The van der Waals surface area contributed by atoms with E-state index in [2.05, 4.69) is 9.84 Å². The Balaban J connectivity index is 2.31. The van der Waals surface area contributed by atoms with Crippen LogP contribution >= 0.6 is 7.60 Å². The van der Waals surface area contributed by atoms with Gasteiger partial charge in [-0.3, -0.25) is 4.57 Å². The molecule has 1 saturated heterocycles. The average molecular weight is 252 g/mol. The molecule has 94 valence electrons. The molecule has 1 aliphatic rings. The van der Waals surface area contributed by atoms with Crippen molar-refractivity contribution < 1.29 is 23.6 Å². The van der Waals surface area contributed by atoms with Gasteiger partial charge in [0.15, 0.2) is 0 Å². The maximum absolute atomic E-state index is 11.3. The third-order valence-electron chi connectivity index (χ3n) is 1.97. The number of rotatable bonds is 5. The molecule has 8 heteroatoms. The molecule has 0 aromatic heterocycles. The van der Waals surface area contributed by atoms with Crippen molar-refractivity contribution in [2.75, 3.05) is 38.9 Å². The SMILES string of the molecule is CCOP(=O)(O)CC(=O)ON1CCNCC1. The van der Waals surface area contributed by atoms with E-state index in [1.54, 1.807) is 6.92 Å². The van der Waals surface area contributed by atoms with E-state index in [0.717, 1.165) is 13.1 Å². The smallest absolute Gasteiger partial charge is 0.339 e. The molecule has 0 amide bonds. The second-order valence-corrected chi connectivity index (χ2v) is 5.20. The van der Waals surface area contributed by atoms with Crippen LogP contribution in [0.5, 0.6) is 0 Å². The first-order valence-corrected chi connectivity index (χ1v) is 6.92. The number of piperazine rings is 1. The van der Waals surface area contributed by atoms with Crippen molar-refractivity contribution in [1.29, 1.82) is 0 Å². The molecule has 0 aliphatic carbocycles. The Morgan fingerprint density at radius 3 is 2.69 bits per heavy atom. The van der Waals surface area contributed by atoms with Crippen molar-refractivity contribution in [2.45, 2.75) is 6.92 Å². The Bertz CT molecular complexity index is 280. The van der Waals surface area contributed by atoms with E-state index in [9.17, 15) is 14.3 Å². The summed E-state index contributed by atoms with van der Waals surface area (Å²) in [6.45, 7) is 4.30. The quantitative estimate of drug-likeness (QED) is 0.642. The number of carbonyl (C=O) groups excluding carboxylic acids is 1. The highest BCUT2D eigenvalue weighted by Crippen LogP contribution is 2.41. The van der Waals surface area contributed by atoms with Gasteiger partial charge in [0.2, 0.25) is 0 Å². The van der Waals surface area contributed by atoms with Crippen molar-refractivity contribution in [3.63, 3.8) is 0 Å². The molecule has 0 aromatic rings. The van der Waals surface area contributed by atoms with E-state index >= 15 is 0 Å². The number of carbonyl (C=O) groups is 1. The van der Waals surface area contributed by atoms with E-state index in [1.807, 2.05) is 0 Å². The molecule has 0 bridgehead atoms. The summed E-state index contributed by atoms with van der Waals surface area (Å²) in [6.07, 6.45) is -0.606. The third kappa shape index (κ3) is 5.05. The van der Waals surface area contributed by atoms with Crippen molar-refractivity contribution in [3.8, 4) is 0 Å². The monoisotopic (exact) mass is 252 g/mol. The lowest BCUT2D eigenvalue weighted by molar-refractivity contribution is -0.189. The molecule has 0 radical (unpaired) electrons. The normalized spacial score (nSPS) is 21.4. The Kier molecular flexibility index (Phi) is 5.37. The maximum Gasteiger partial charge on any atom is 0.339 e.